The smallest absolute Gasteiger partial charge is 0.320 e. The molecule has 2 N–H and O–H groups in total. The number of carbonyl (C=O) groups excluding carboxylic acids is 1. The monoisotopic (exact) mass is 340 g/mol. The predicted octanol–water partition coefficient (Wildman–Crippen LogP) is 2.33. The summed E-state index contributed by atoms with van der Waals surface area (Å²) in [7, 11) is 0. The van der Waals surface area contributed by atoms with Gasteiger partial charge in [-0.1, -0.05) is 6.07 Å². The van der Waals surface area contributed by atoms with Crippen LogP contribution < -0.4 is 20.4 Å². The molecule has 1 aliphatic heterocycles. The Kier molecular flexibility index (Phi) is 5.33. The first-order valence-corrected chi connectivity index (χ1v) is 8.56. The zero-order valence-corrected chi connectivity index (χ0v) is 14.6. The normalized spacial score (nSPS) is 14.5. The minimum Gasteiger partial charge on any atom is -0.367 e. The first-order valence-electron chi connectivity index (χ1n) is 8.56. The van der Waals surface area contributed by atoms with Crippen molar-refractivity contribution in [2.24, 2.45) is 0 Å². The van der Waals surface area contributed by atoms with E-state index in [9.17, 15) is 4.79 Å². The summed E-state index contributed by atoms with van der Waals surface area (Å²) < 4.78 is 0. The third-order valence-corrected chi connectivity index (χ3v) is 4.03. The lowest BCUT2D eigenvalue weighted by Crippen LogP contribution is -2.46. The van der Waals surface area contributed by atoms with Crippen molar-refractivity contribution in [3.8, 4) is 0 Å². The number of amides is 2. The maximum atomic E-state index is 11.7. The molecule has 132 valence electrons. The Morgan fingerprint density at radius 3 is 2.40 bits per heavy atom. The van der Waals surface area contributed by atoms with Crippen LogP contribution in [0, 0.1) is 0 Å². The standard InChI is InChI=1S/C18H24N6O/c1-14(2)21-18(25)22-16-7-6-15(13-20-16)23-9-11-24(12-10-23)17-5-3-4-8-19-17/h3-8,13-14H,9-12H2,1-2H3,(H2,20,21,22,25). The van der Waals surface area contributed by atoms with E-state index in [-0.39, 0.29) is 12.1 Å². The molecule has 0 unspecified atom stereocenters. The molecule has 1 fully saturated rings. The maximum Gasteiger partial charge on any atom is 0.320 e. The Morgan fingerprint density at radius 2 is 1.80 bits per heavy atom. The average Bonchev–Trinajstić information content (AvgIpc) is 2.62. The molecular formula is C18H24N6O. The number of aromatic nitrogens is 2. The Labute approximate surface area is 148 Å². The van der Waals surface area contributed by atoms with Crippen LogP contribution >= 0.6 is 0 Å². The van der Waals surface area contributed by atoms with Crippen LogP contribution in [0.3, 0.4) is 0 Å². The van der Waals surface area contributed by atoms with Gasteiger partial charge in [-0.05, 0) is 38.1 Å². The molecule has 0 bridgehead atoms. The number of nitrogens with zero attached hydrogens (tertiary/aromatic N) is 4. The summed E-state index contributed by atoms with van der Waals surface area (Å²) in [5.74, 6) is 1.57. The molecule has 3 heterocycles. The molecule has 0 aromatic carbocycles. The quantitative estimate of drug-likeness (QED) is 0.894. The molecule has 3 rings (SSSR count). The molecular weight excluding hydrogens is 316 g/mol. The van der Waals surface area contributed by atoms with Gasteiger partial charge in [0.05, 0.1) is 11.9 Å². The van der Waals surface area contributed by atoms with Crippen molar-refractivity contribution >= 4 is 23.4 Å². The van der Waals surface area contributed by atoms with Crippen molar-refractivity contribution < 1.29 is 4.79 Å². The van der Waals surface area contributed by atoms with E-state index in [4.69, 9.17) is 0 Å². The van der Waals surface area contributed by atoms with Gasteiger partial charge in [0, 0.05) is 38.4 Å². The van der Waals surface area contributed by atoms with Crippen LogP contribution in [0.25, 0.3) is 0 Å². The van der Waals surface area contributed by atoms with E-state index in [1.165, 1.54) is 0 Å². The molecule has 0 saturated carbocycles. The minimum atomic E-state index is -0.237. The highest BCUT2D eigenvalue weighted by atomic mass is 16.2. The van der Waals surface area contributed by atoms with Gasteiger partial charge in [-0.25, -0.2) is 14.8 Å². The second-order valence-electron chi connectivity index (χ2n) is 6.32. The van der Waals surface area contributed by atoms with E-state index >= 15 is 0 Å². The number of hydrogen-bond donors (Lipinski definition) is 2. The largest absolute Gasteiger partial charge is 0.367 e. The molecule has 7 nitrogen and oxygen atoms in total. The van der Waals surface area contributed by atoms with Crippen LogP contribution in [0.2, 0.25) is 0 Å². The van der Waals surface area contributed by atoms with Crippen molar-refractivity contribution in [1.29, 1.82) is 0 Å². The van der Waals surface area contributed by atoms with Gasteiger partial charge in [0.1, 0.15) is 11.6 Å². The Morgan fingerprint density at radius 1 is 1.04 bits per heavy atom. The first-order chi connectivity index (χ1) is 12.1. The van der Waals surface area contributed by atoms with E-state index < -0.39 is 0 Å². The third kappa shape index (κ3) is 4.59. The third-order valence-electron chi connectivity index (χ3n) is 4.03. The molecule has 0 atom stereocenters. The zero-order valence-electron chi connectivity index (χ0n) is 14.6. The minimum absolute atomic E-state index is 0.0923. The fourth-order valence-electron chi connectivity index (χ4n) is 2.80. The maximum absolute atomic E-state index is 11.7. The predicted molar refractivity (Wildman–Crippen MR) is 100 cm³/mol. The van der Waals surface area contributed by atoms with Gasteiger partial charge in [0.15, 0.2) is 0 Å². The lowest BCUT2D eigenvalue weighted by atomic mass is 10.2. The van der Waals surface area contributed by atoms with Crippen LogP contribution in [0.5, 0.6) is 0 Å². The van der Waals surface area contributed by atoms with E-state index in [2.05, 4.69) is 30.4 Å². The van der Waals surface area contributed by atoms with Crippen molar-refractivity contribution in [3.63, 3.8) is 0 Å². The highest BCUT2D eigenvalue weighted by Gasteiger charge is 2.18. The van der Waals surface area contributed by atoms with Crippen molar-refractivity contribution in [3.05, 3.63) is 42.7 Å². The van der Waals surface area contributed by atoms with E-state index in [0.29, 0.717) is 5.82 Å². The highest BCUT2D eigenvalue weighted by molar-refractivity contribution is 5.88. The lowest BCUT2D eigenvalue weighted by Gasteiger charge is -2.36. The van der Waals surface area contributed by atoms with Gasteiger partial charge in [0.25, 0.3) is 0 Å². The number of pyridine rings is 2. The fourth-order valence-corrected chi connectivity index (χ4v) is 2.80. The number of piperazine rings is 1. The summed E-state index contributed by atoms with van der Waals surface area (Å²) in [4.78, 5) is 25.0. The van der Waals surface area contributed by atoms with Crippen LogP contribution in [0.15, 0.2) is 42.7 Å². The highest BCUT2D eigenvalue weighted by Crippen LogP contribution is 2.19. The Bertz CT molecular complexity index is 680. The van der Waals surface area contributed by atoms with Crippen LogP contribution in [0.4, 0.5) is 22.1 Å². The fraction of sp³-hybridized carbons (Fsp3) is 0.389. The summed E-state index contributed by atoms with van der Waals surface area (Å²) in [6, 6.07) is 9.67. The SMILES string of the molecule is CC(C)NC(=O)Nc1ccc(N2CCN(c3ccccn3)CC2)cn1. The molecule has 25 heavy (non-hydrogen) atoms. The molecule has 0 spiro atoms. The van der Waals surface area contributed by atoms with Crippen molar-refractivity contribution in [1.82, 2.24) is 15.3 Å². The average molecular weight is 340 g/mol. The second kappa shape index (κ2) is 7.83. The summed E-state index contributed by atoms with van der Waals surface area (Å²) in [6.07, 6.45) is 3.63. The van der Waals surface area contributed by atoms with Crippen molar-refractivity contribution in [2.45, 2.75) is 19.9 Å². The van der Waals surface area contributed by atoms with Crippen molar-refractivity contribution in [2.75, 3.05) is 41.3 Å². The number of carbonyl (C=O) groups is 1. The van der Waals surface area contributed by atoms with Gasteiger partial charge in [-0.15, -0.1) is 0 Å². The topological polar surface area (TPSA) is 73.4 Å². The second-order valence-corrected chi connectivity index (χ2v) is 6.32. The molecule has 0 radical (unpaired) electrons. The molecule has 7 heteroatoms. The number of anilines is 3. The number of rotatable bonds is 4. The van der Waals surface area contributed by atoms with E-state index in [1.807, 2.05) is 50.4 Å². The summed E-state index contributed by atoms with van der Waals surface area (Å²) in [6.45, 7) is 7.51. The van der Waals surface area contributed by atoms with Crippen LogP contribution in [-0.2, 0) is 0 Å². The Balaban J connectivity index is 1.54. The van der Waals surface area contributed by atoms with Gasteiger partial charge in [0.2, 0.25) is 0 Å². The van der Waals surface area contributed by atoms with Gasteiger partial charge < -0.3 is 15.1 Å². The number of hydrogen-bond acceptors (Lipinski definition) is 5. The zero-order chi connectivity index (χ0) is 17.6. The molecule has 1 saturated heterocycles. The summed E-state index contributed by atoms with van der Waals surface area (Å²) in [5.41, 5.74) is 1.07. The summed E-state index contributed by atoms with van der Waals surface area (Å²) >= 11 is 0. The molecule has 2 aromatic heterocycles. The van der Waals surface area contributed by atoms with Gasteiger partial charge in [-0.2, -0.15) is 0 Å². The van der Waals surface area contributed by atoms with Crippen LogP contribution in [-0.4, -0.2) is 48.2 Å². The number of urea groups is 1. The molecule has 0 aliphatic carbocycles. The lowest BCUT2D eigenvalue weighted by molar-refractivity contribution is 0.250. The van der Waals surface area contributed by atoms with E-state index in [1.54, 1.807) is 6.20 Å². The summed E-state index contributed by atoms with van der Waals surface area (Å²) in [5, 5.41) is 5.51. The van der Waals surface area contributed by atoms with Gasteiger partial charge in [-0.3, -0.25) is 5.32 Å². The molecule has 2 aromatic rings. The number of nitrogens with one attached hydrogen (secondary N) is 2. The Hall–Kier alpha value is -2.83. The first kappa shape index (κ1) is 17.0. The van der Waals surface area contributed by atoms with E-state index in [0.717, 1.165) is 37.7 Å². The van der Waals surface area contributed by atoms with Gasteiger partial charge >= 0.3 is 6.03 Å². The molecule has 2 amide bonds. The van der Waals surface area contributed by atoms with Crippen LogP contribution in [0.1, 0.15) is 13.8 Å². The molecule has 1 aliphatic rings.